The summed E-state index contributed by atoms with van der Waals surface area (Å²) in [5.41, 5.74) is 7.10. The largest absolute Gasteiger partial charge is 0.383 e. The standard InChI is InChI=1S/C12H9N3/c13-12-10(4-3-9-15-12)6-7-11-5-1-2-8-14-11/h1-5,8-9H,(H2,13,15). The van der Waals surface area contributed by atoms with Gasteiger partial charge in [-0.3, -0.25) is 0 Å². The van der Waals surface area contributed by atoms with E-state index in [1.165, 1.54) is 0 Å². The van der Waals surface area contributed by atoms with Crippen LogP contribution in [0.15, 0.2) is 42.7 Å². The van der Waals surface area contributed by atoms with Crippen molar-refractivity contribution in [1.82, 2.24) is 9.97 Å². The third-order valence-electron chi connectivity index (χ3n) is 1.83. The molecule has 0 amide bonds. The number of nitrogens with two attached hydrogens (primary N) is 1. The van der Waals surface area contributed by atoms with Gasteiger partial charge in [0.25, 0.3) is 0 Å². The van der Waals surface area contributed by atoms with Gasteiger partial charge in [-0.05, 0) is 30.2 Å². The molecule has 0 saturated carbocycles. The number of rotatable bonds is 0. The third kappa shape index (κ3) is 2.32. The number of nitrogens with zero attached hydrogens (tertiary/aromatic N) is 2. The van der Waals surface area contributed by atoms with Crippen LogP contribution >= 0.6 is 0 Å². The lowest BCUT2D eigenvalue weighted by Crippen LogP contribution is -1.92. The lowest BCUT2D eigenvalue weighted by Gasteiger charge is -1.93. The Hall–Kier alpha value is -2.34. The fourth-order valence-electron chi connectivity index (χ4n) is 1.09. The quantitative estimate of drug-likeness (QED) is 0.647. The zero-order valence-electron chi connectivity index (χ0n) is 8.01. The Kier molecular flexibility index (Phi) is 2.61. The van der Waals surface area contributed by atoms with Gasteiger partial charge in [0.1, 0.15) is 11.5 Å². The highest BCUT2D eigenvalue weighted by molar-refractivity contribution is 5.51. The second-order valence-electron chi connectivity index (χ2n) is 2.90. The van der Waals surface area contributed by atoms with Crippen LogP contribution in [-0.4, -0.2) is 9.97 Å². The average molecular weight is 195 g/mol. The van der Waals surface area contributed by atoms with Crippen LogP contribution in [0.4, 0.5) is 5.82 Å². The average Bonchev–Trinajstić information content (AvgIpc) is 2.29. The molecule has 0 radical (unpaired) electrons. The molecule has 0 aliphatic rings. The SMILES string of the molecule is Nc1ncccc1C#Cc1ccccn1. The molecule has 3 nitrogen and oxygen atoms in total. The van der Waals surface area contributed by atoms with Gasteiger partial charge in [0, 0.05) is 12.4 Å². The Labute approximate surface area is 88.0 Å². The van der Waals surface area contributed by atoms with Crippen LogP contribution in [0, 0.1) is 11.8 Å². The van der Waals surface area contributed by atoms with Crippen molar-refractivity contribution in [2.45, 2.75) is 0 Å². The van der Waals surface area contributed by atoms with E-state index in [4.69, 9.17) is 5.73 Å². The van der Waals surface area contributed by atoms with Crippen molar-refractivity contribution in [3.63, 3.8) is 0 Å². The van der Waals surface area contributed by atoms with Crippen LogP contribution in [0.3, 0.4) is 0 Å². The summed E-state index contributed by atoms with van der Waals surface area (Å²) in [4.78, 5) is 8.03. The van der Waals surface area contributed by atoms with Gasteiger partial charge >= 0.3 is 0 Å². The monoisotopic (exact) mass is 195 g/mol. The molecule has 72 valence electrons. The van der Waals surface area contributed by atoms with Crippen molar-refractivity contribution >= 4 is 5.82 Å². The number of aromatic nitrogens is 2. The normalized spacial score (nSPS) is 9.07. The maximum absolute atomic E-state index is 5.65. The number of nitrogen functional groups attached to an aromatic ring is 1. The summed E-state index contributed by atoms with van der Waals surface area (Å²) in [6.45, 7) is 0. The Bertz CT molecular complexity index is 509. The molecule has 0 saturated heterocycles. The van der Waals surface area contributed by atoms with Crippen LogP contribution in [0.5, 0.6) is 0 Å². The van der Waals surface area contributed by atoms with Gasteiger partial charge in [-0.1, -0.05) is 12.0 Å². The Morgan fingerprint density at radius 1 is 0.933 bits per heavy atom. The molecule has 0 spiro atoms. The maximum atomic E-state index is 5.65. The van der Waals surface area contributed by atoms with Gasteiger partial charge < -0.3 is 5.73 Å². The van der Waals surface area contributed by atoms with Gasteiger partial charge in [0.15, 0.2) is 0 Å². The minimum absolute atomic E-state index is 0.445. The number of pyridine rings is 2. The van der Waals surface area contributed by atoms with Crippen molar-refractivity contribution < 1.29 is 0 Å². The summed E-state index contributed by atoms with van der Waals surface area (Å²) in [7, 11) is 0. The van der Waals surface area contributed by atoms with Crippen LogP contribution in [0.2, 0.25) is 0 Å². The van der Waals surface area contributed by atoms with E-state index in [2.05, 4.69) is 21.8 Å². The summed E-state index contributed by atoms with van der Waals surface area (Å²) in [6.07, 6.45) is 3.35. The first-order valence-electron chi connectivity index (χ1n) is 4.50. The highest BCUT2D eigenvalue weighted by Gasteiger charge is 1.92. The first-order chi connectivity index (χ1) is 7.36. The lowest BCUT2D eigenvalue weighted by atomic mass is 10.2. The summed E-state index contributed by atoms with van der Waals surface area (Å²) in [6, 6.07) is 9.23. The summed E-state index contributed by atoms with van der Waals surface area (Å²) >= 11 is 0. The maximum Gasteiger partial charge on any atom is 0.139 e. The van der Waals surface area contributed by atoms with E-state index < -0.39 is 0 Å². The van der Waals surface area contributed by atoms with Crippen molar-refractivity contribution in [2.24, 2.45) is 0 Å². The molecule has 0 unspecified atom stereocenters. The van der Waals surface area contributed by atoms with Gasteiger partial charge in [0.2, 0.25) is 0 Å². The highest BCUT2D eigenvalue weighted by atomic mass is 14.8. The van der Waals surface area contributed by atoms with Gasteiger partial charge in [-0.25, -0.2) is 9.97 Å². The predicted molar refractivity (Wildman–Crippen MR) is 58.9 cm³/mol. The van der Waals surface area contributed by atoms with E-state index in [0.29, 0.717) is 5.82 Å². The minimum Gasteiger partial charge on any atom is -0.383 e. The molecule has 0 aliphatic carbocycles. The summed E-state index contributed by atoms with van der Waals surface area (Å²) in [5.74, 6) is 6.30. The molecule has 0 bridgehead atoms. The van der Waals surface area contributed by atoms with Crippen molar-refractivity contribution in [2.75, 3.05) is 5.73 Å². The first-order valence-corrected chi connectivity index (χ1v) is 4.50. The zero-order valence-corrected chi connectivity index (χ0v) is 8.01. The fraction of sp³-hybridized carbons (Fsp3) is 0. The molecule has 2 rings (SSSR count). The summed E-state index contributed by atoms with van der Waals surface area (Å²) < 4.78 is 0. The second kappa shape index (κ2) is 4.25. The molecular weight excluding hydrogens is 186 g/mol. The first kappa shape index (κ1) is 9.22. The van der Waals surface area contributed by atoms with Crippen molar-refractivity contribution in [1.29, 1.82) is 0 Å². The molecule has 2 N–H and O–H groups in total. The van der Waals surface area contributed by atoms with Gasteiger partial charge in [-0.15, -0.1) is 0 Å². The molecule has 2 heterocycles. The minimum atomic E-state index is 0.445. The van der Waals surface area contributed by atoms with Crippen molar-refractivity contribution in [3.05, 3.63) is 54.0 Å². The molecule has 0 aliphatic heterocycles. The van der Waals surface area contributed by atoms with E-state index in [9.17, 15) is 0 Å². The van der Waals surface area contributed by atoms with E-state index in [1.54, 1.807) is 18.5 Å². The molecular formula is C12H9N3. The second-order valence-corrected chi connectivity index (χ2v) is 2.90. The van der Waals surface area contributed by atoms with Crippen LogP contribution in [0.25, 0.3) is 0 Å². The predicted octanol–water partition coefficient (Wildman–Crippen LogP) is 1.46. The zero-order chi connectivity index (χ0) is 10.5. The fourth-order valence-corrected chi connectivity index (χ4v) is 1.09. The van der Waals surface area contributed by atoms with Gasteiger partial charge in [0.05, 0.1) is 5.56 Å². The molecule has 3 heteroatoms. The van der Waals surface area contributed by atoms with E-state index >= 15 is 0 Å². The number of anilines is 1. The van der Waals surface area contributed by atoms with Crippen LogP contribution < -0.4 is 5.73 Å². The Morgan fingerprint density at radius 2 is 1.80 bits per heavy atom. The van der Waals surface area contributed by atoms with Crippen LogP contribution in [-0.2, 0) is 0 Å². The molecule has 0 aromatic carbocycles. The molecule has 0 fully saturated rings. The smallest absolute Gasteiger partial charge is 0.139 e. The summed E-state index contributed by atoms with van der Waals surface area (Å²) in [5, 5.41) is 0. The molecule has 0 atom stereocenters. The third-order valence-corrected chi connectivity index (χ3v) is 1.83. The van der Waals surface area contributed by atoms with Crippen LogP contribution in [0.1, 0.15) is 11.3 Å². The molecule has 2 aromatic rings. The lowest BCUT2D eigenvalue weighted by molar-refractivity contribution is 1.29. The Morgan fingerprint density at radius 3 is 2.53 bits per heavy atom. The topological polar surface area (TPSA) is 51.8 Å². The Balaban J connectivity index is 2.31. The van der Waals surface area contributed by atoms with E-state index in [0.717, 1.165) is 11.3 Å². The van der Waals surface area contributed by atoms with E-state index in [-0.39, 0.29) is 0 Å². The van der Waals surface area contributed by atoms with Crippen molar-refractivity contribution in [3.8, 4) is 11.8 Å². The number of hydrogen-bond acceptors (Lipinski definition) is 3. The molecule has 15 heavy (non-hydrogen) atoms. The van der Waals surface area contributed by atoms with E-state index in [1.807, 2.05) is 24.3 Å². The number of hydrogen-bond donors (Lipinski definition) is 1. The highest BCUT2D eigenvalue weighted by Crippen LogP contribution is 2.04. The van der Waals surface area contributed by atoms with Gasteiger partial charge in [-0.2, -0.15) is 0 Å². The molecule has 2 aromatic heterocycles.